The summed E-state index contributed by atoms with van der Waals surface area (Å²) in [7, 11) is 1.83. The van der Waals surface area contributed by atoms with Gasteiger partial charge in [-0.25, -0.2) is 4.39 Å². The third-order valence-corrected chi connectivity index (χ3v) is 3.86. The van der Waals surface area contributed by atoms with E-state index in [0.29, 0.717) is 10.4 Å². The summed E-state index contributed by atoms with van der Waals surface area (Å²) < 4.78 is 16.0. The number of hydrogen-bond acceptors (Lipinski definition) is 3. The second kappa shape index (κ2) is 3.56. The summed E-state index contributed by atoms with van der Waals surface area (Å²) in [6.45, 7) is 0. The van der Waals surface area contributed by atoms with Crippen molar-refractivity contribution in [2.45, 2.75) is 0 Å². The Morgan fingerprint density at radius 3 is 2.88 bits per heavy atom. The highest BCUT2D eigenvalue weighted by atomic mass is 32.1. The lowest BCUT2D eigenvalue weighted by molar-refractivity contribution is 0.642. The Hall–Kier alpha value is -1.88. The molecule has 0 radical (unpaired) electrons. The number of thiophene rings is 1. The van der Waals surface area contributed by atoms with Crippen LogP contribution in [0.4, 0.5) is 10.1 Å². The largest absolute Gasteiger partial charge is 0.396 e. The maximum Gasteiger partial charge on any atom is 0.141 e. The summed E-state index contributed by atoms with van der Waals surface area (Å²) >= 11 is 1.39. The number of rotatable bonds is 1. The van der Waals surface area contributed by atoms with Gasteiger partial charge >= 0.3 is 0 Å². The van der Waals surface area contributed by atoms with Gasteiger partial charge in [0.2, 0.25) is 0 Å². The number of nitrogens with two attached hydrogens (primary N) is 1. The van der Waals surface area contributed by atoms with Crippen LogP contribution < -0.4 is 5.73 Å². The smallest absolute Gasteiger partial charge is 0.141 e. The number of nitrogen functional groups attached to an aromatic ring is 1. The number of aromatic nitrogens is 2. The second-order valence-corrected chi connectivity index (χ2v) is 4.89. The van der Waals surface area contributed by atoms with E-state index in [1.165, 1.54) is 17.4 Å². The quantitative estimate of drug-likeness (QED) is 0.718. The first kappa shape index (κ1) is 10.3. The molecule has 3 aromatic rings. The van der Waals surface area contributed by atoms with Gasteiger partial charge in [-0.05, 0) is 17.5 Å². The maximum absolute atomic E-state index is 13.6. The third-order valence-electron chi connectivity index (χ3n) is 2.70. The molecule has 0 aliphatic rings. The lowest BCUT2D eigenvalue weighted by Crippen LogP contribution is -1.93. The van der Waals surface area contributed by atoms with Crippen molar-refractivity contribution >= 4 is 27.1 Å². The van der Waals surface area contributed by atoms with Crippen LogP contribution in [0.5, 0.6) is 0 Å². The molecule has 0 saturated heterocycles. The highest BCUT2D eigenvalue weighted by Gasteiger charge is 2.13. The first-order chi connectivity index (χ1) is 8.16. The van der Waals surface area contributed by atoms with Crippen LogP contribution >= 0.6 is 11.3 Å². The molecule has 0 spiro atoms. The van der Waals surface area contributed by atoms with Gasteiger partial charge in [0.05, 0.1) is 21.5 Å². The van der Waals surface area contributed by atoms with E-state index in [0.717, 1.165) is 16.0 Å². The minimum atomic E-state index is -0.195. The van der Waals surface area contributed by atoms with Crippen molar-refractivity contribution in [1.29, 1.82) is 0 Å². The third kappa shape index (κ3) is 1.51. The lowest BCUT2D eigenvalue weighted by atomic mass is 10.2. The zero-order valence-electron chi connectivity index (χ0n) is 9.14. The average Bonchev–Trinajstić information content (AvgIpc) is 2.84. The number of nitrogens with zero attached hydrogens (tertiary/aromatic N) is 2. The molecule has 0 unspecified atom stereocenters. The van der Waals surface area contributed by atoms with Crippen molar-refractivity contribution in [3.63, 3.8) is 0 Å². The Morgan fingerprint density at radius 1 is 1.41 bits per heavy atom. The molecule has 17 heavy (non-hydrogen) atoms. The van der Waals surface area contributed by atoms with Gasteiger partial charge in [0.15, 0.2) is 0 Å². The predicted octanol–water partition coefficient (Wildman–Crippen LogP) is 3.02. The molecule has 2 heterocycles. The highest BCUT2D eigenvalue weighted by Crippen LogP contribution is 2.36. The average molecular weight is 247 g/mol. The molecule has 1 aromatic carbocycles. The molecule has 2 N–H and O–H groups in total. The van der Waals surface area contributed by atoms with Crippen molar-refractivity contribution in [2.75, 3.05) is 5.73 Å². The van der Waals surface area contributed by atoms with E-state index < -0.39 is 0 Å². The first-order valence-electron chi connectivity index (χ1n) is 5.12. The van der Waals surface area contributed by atoms with Crippen LogP contribution in [0, 0.1) is 5.82 Å². The number of halogens is 1. The fourth-order valence-electron chi connectivity index (χ4n) is 1.90. The Morgan fingerprint density at radius 2 is 2.24 bits per heavy atom. The molecule has 0 amide bonds. The summed E-state index contributed by atoms with van der Waals surface area (Å²) in [6, 6.07) is 7.01. The Balaban J connectivity index is 2.29. The van der Waals surface area contributed by atoms with Crippen molar-refractivity contribution in [2.24, 2.45) is 7.05 Å². The Labute approximate surface area is 101 Å². The number of anilines is 1. The first-order valence-corrected chi connectivity index (χ1v) is 5.94. The molecule has 0 aliphatic heterocycles. The summed E-state index contributed by atoms with van der Waals surface area (Å²) in [6.07, 6.45) is 1.61. The SMILES string of the molecule is Cn1ncc(N)c1-c1cc2cccc(F)c2s1. The topological polar surface area (TPSA) is 43.8 Å². The van der Waals surface area contributed by atoms with Gasteiger partial charge < -0.3 is 5.73 Å². The number of hydrogen-bond donors (Lipinski definition) is 1. The van der Waals surface area contributed by atoms with Gasteiger partial charge in [-0.3, -0.25) is 4.68 Å². The molecular formula is C12H10FN3S. The van der Waals surface area contributed by atoms with Crippen LogP contribution in [0.3, 0.4) is 0 Å². The Bertz CT molecular complexity index is 679. The zero-order chi connectivity index (χ0) is 12.0. The fourth-order valence-corrected chi connectivity index (χ4v) is 3.06. The van der Waals surface area contributed by atoms with Gasteiger partial charge in [0, 0.05) is 7.05 Å². The summed E-state index contributed by atoms with van der Waals surface area (Å²) in [5.74, 6) is -0.195. The fraction of sp³-hybridized carbons (Fsp3) is 0.0833. The minimum Gasteiger partial charge on any atom is -0.396 e. The van der Waals surface area contributed by atoms with Gasteiger partial charge in [-0.15, -0.1) is 11.3 Å². The highest BCUT2D eigenvalue weighted by molar-refractivity contribution is 7.22. The molecule has 2 aromatic heterocycles. The van der Waals surface area contributed by atoms with E-state index in [4.69, 9.17) is 5.73 Å². The van der Waals surface area contributed by atoms with E-state index in [9.17, 15) is 4.39 Å². The molecule has 0 fully saturated rings. The van der Waals surface area contributed by atoms with Gasteiger partial charge in [-0.2, -0.15) is 5.10 Å². The molecule has 0 saturated carbocycles. The minimum absolute atomic E-state index is 0.195. The lowest BCUT2D eigenvalue weighted by Gasteiger charge is -1.98. The van der Waals surface area contributed by atoms with E-state index in [2.05, 4.69) is 5.10 Å². The van der Waals surface area contributed by atoms with Crippen molar-refractivity contribution in [1.82, 2.24) is 9.78 Å². The summed E-state index contributed by atoms with van der Waals surface area (Å²) in [5.41, 5.74) is 7.31. The molecule has 3 nitrogen and oxygen atoms in total. The van der Waals surface area contributed by atoms with Gasteiger partial charge in [0.25, 0.3) is 0 Å². The molecule has 5 heteroatoms. The molecule has 0 aliphatic carbocycles. The van der Waals surface area contributed by atoms with Crippen molar-refractivity contribution < 1.29 is 4.39 Å². The van der Waals surface area contributed by atoms with E-state index in [1.54, 1.807) is 16.9 Å². The molecule has 0 atom stereocenters. The summed E-state index contributed by atoms with van der Waals surface area (Å²) in [5, 5.41) is 4.98. The Kier molecular flexibility index (Phi) is 2.16. The predicted molar refractivity (Wildman–Crippen MR) is 68.4 cm³/mol. The second-order valence-electron chi connectivity index (χ2n) is 3.84. The molecular weight excluding hydrogens is 237 g/mol. The zero-order valence-corrected chi connectivity index (χ0v) is 9.96. The van der Waals surface area contributed by atoms with Crippen molar-refractivity contribution in [3.8, 4) is 10.6 Å². The van der Waals surface area contributed by atoms with Crippen molar-refractivity contribution in [3.05, 3.63) is 36.3 Å². The monoisotopic (exact) mass is 247 g/mol. The molecule has 0 bridgehead atoms. The summed E-state index contributed by atoms with van der Waals surface area (Å²) in [4.78, 5) is 0.933. The van der Waals surface area contributed by atoms with Crippen LogP contribution in [0.15, 0.2) is 30.5 Å². The van der Waals surface area contributed by atoms with Crippen LogP contribution in [0.1, 0.15) is 0 Å². The number of aryl methyl sites for hydroxylation is 1. The van der Waals surface area contributed by atoms with E-state index >= 15 is 0 Å². The molecule has 3 rings (SSSR count). The van der Waals surface area contributed by atoms with Crippen LogP contribution in [0.2, 0.25) is 0 Å². The normalized spacial score (nSPS) is 11.2. The maximum atomic E-state index is 13.6. The van der Waals surface area contributed by atoms with Gasteiger partial charge in [0.1, 0.15) is 11.5 Å². The van der Waals surface area contributed by atoms with Gasteiger partial charge in [-0.1, -0.05) is 12.1 Å². The standard InChI is InChI=1S/C12H10FN3S/c1-16-11(9(14)6-15-16)10-5-7-3-2-4-8(13)12(7)17-10/h2-6H,14H2,1H3. The van der Waals surface area contributed by atoms with E-state index in [-0.39, 0.29) is 5.82 Å². The van der Waals surface area contributed by atoms with Crippen LogP contribution in [-0.4, -0.2) is 9.78 Å². The van der Waals surface area contributed by atoms with Crippen LogP contribution in [-0.2, 0) is 7.05 Å². The number of fused-ring (bicyclic) bond motifs is 1. The number of benzene rings is 1. The van der Waals surface area contributed by atoms with E-state index in [1.807, 2.05) is 19.2 Å². The van der Waals surface area contributed by atoms with Crippen LogP contribution in [0.25, 0.3) is 20.7 Å². The molecule has 86 valence electrons.